The summed E-state index contributed by atoms with van der Waals surface area (Å²) in [6.07, 6.45) is 8.21. The number of rotatable bonds is 6. The number of carbonyl (C=O) groups is 1. The second-order valence-electron chi connectivity index (χ2n) is 9.10. The van der Waals surface area contributed by atoms with Crippen LogP contribution in [0, 0.1) is 0 Å². The molecule has 0 saturated carbocycles. The number of carbonyl (C=O) groups excluding carboxylic acids is 1. The fourth-order valence-electron chi connectivity index (χ4n) is 5.00. The Balaban J connectivity index is 1.28. The van der Waals surface area contributed by atoms with Gasteiger partial charge in [0, 0.05) is 48.3 Å². The molecule has 1 unspecified atom stereocenters. The van der Waals surface area contributed by atoms with E-state index in [-0.39, 0.29) is 17.2 Å². The molecule has 0 bridgehead atoms. The van der Waals surface area contributed by atoms with Gasteiger partial charge in [0.1, 0.15) is 11.5 Å². The molecule has 2 aromatic heterocycles. The molecule has 2 fully saturated rings. The van der Waals surface area contributed by atoms with E-state index in [1.165, 1.54) is 38.8 Å². The van der Waals surface area contributed by atoms with Gasteiger partial charge < -0.3 is 25.8 Å². The highest BCUT2D eigenvalue weighted by Gasteiger charge is 2.27. The fraction of sp³-hybridized carbons (Fsp3) is 0.346. The second-order valence-corrected chi connectivity index (χ2v) is 9.10. The molecule has 0 spiro atoms. The third kappa shape index (κ3) is 4.82. The molecular weight excluding hydrogens is 428 g/mol. The molecule has 4 N–H and O–H groups in total. The van der Waals surface area contributed by atoms with E-state index in [0.29, 0.717) is 17.4 Å². The Morgan fingerprint density at radius 3 is 2.62 bits per heavy atom. The number of likely N-dealkylation sites (tertiary alicyclic amines) is 1. The molecule has 8 heteroatoms. The fourth-order valence-corrected chi connectivity index (χ4v) is 5.00. The van der Waals surface area contributed by atoms with Gasteiger partial charge in [0.25, 0.3) is 11.5 Å². The number of nitrogens with one attached hydrogen (secondary N) is 2. The Hall–Kier alpha value is -3.65. The highest BCUT2D eigenvalue weighted by atomic mass is 16.2. The van der Waals surface area contributed by atoms with Crippen LogP contribution in [0.25, 0.3) is 11.1 Å². The van der Waals surface area contributed by atoms with Crippen LogP contribution in [0.5, 0.6) is 0 Å². The van der Waals surface area contributed by atoms with Gasteiger partial charge in [0.2, 0.25) is 0 Å². The summed E-state index contributed by atoms with van der Waals surface area (Å²) < 4.78 is 0. The van der Waals surface area contributed by atoms with Crippen molar-refractivity contribution in [2.75, 3.05) is 42.1 Å². The minimum Gasteiger partial charge on any atom is -0.384 e. The van der Waals surface area contributed by atoms with Crippen molar-refractivity contribution in [3.63, 3.8) is 0 Å². The number of hydrogen-bond acceptors (Lipinski definition) is 6. The molecule has 5 rings (SSSR count). The lowest BCUT2D eigenvalue weighted by molar-refractivity contribution is 0.102. The van der Waals surface area contributed by atoms with E-state index in [0.717, 1.165) is 29.9 Å². The zero-order valence-corrected chi connectivity index (χ0v) is 19.2. The largest absolute Gasteiger partial charge is 0.384 e. The van der Waals surface area contributed by atoms with Crippen molar-refractivity contribution in [2.45, 2.75) is 31.7 Å². The number of amides is 1. The SMILES string of the molecule is Nc1cc(-c2c[nH]c(=O)c(NC(=O)c3ccc(N4CCCC4CN4CCCC4)cc3)c2)ccn1. The first-order valence-electron chi connectivity index (χ1n) is 11.9. The summed E-state index contributed by atoms with van der Waals surface area (Å²) >= 11 is 0. The van der Waals surface area contributed by atoms with Crippen LogP contribution >= 0.6 is 0 Å². The van der Waals surface area contributed by atoms with E-state index < -0.39 is 0 Å². The first-order chi connectivity index (χ1) is 16.6. The van der Waals surface area contributed by atoms with Gasteiger partial charge in [-0.25, -0.2) is 4.98 Å². The molecule has 1 aromatic carbocycles. The molecule has 0 radical (unpaired) electrons. The van der Waals surface area contributed by atoms with E-state index in [4.69, 9.17) is 5.73 Å². The van der Waals surface area contributed by atoms with Crippen LogP contribution in [0.15, 0.2) is 59.7 Å². The Labute approximate surface area is 198 Å². The molecule has 1 atom stereocenters. The van der Waals surface area contributed by atoms with Crippen molar-refractivity contribution >= 4 is 23.1 Å². The molecule has 176 valence electrons. The quantitative estimate of drug-likeness (QED) is 0.523. The summed E-state index contributed by atoms with van der Waals surface area (Å²) in [5.41, 5.74) is 8.79. The molecule has 34 heavy (non-hydrogen) atoms. The van der Waals surface area contributed by atoms with Crippen molar-refractivity contribution in [1.29, 1.82) is 0 Å². The number of anilines is 3. The van der Waals surface area contributed by atoms with Crippen LogP contribution in [0.4, 0.5) is 17.2 Å². The summed E-state index contributed by atoms with van der Waals surface area (Å²) in [6.45, 7) is 4.58. The minimum absolute atomic E-state index is 0.187. The number of aromatic nitrogens is 2. The van der Waals surface area contributed by atoms with E-state index in [2.05, 4.69) is 25.1 Å². The molecule has 2 aliphatic rings. The Kier molecular flexibility index (Phi) is 6.31. The van der Waals surface area contributed by atoms with Crippen molar-refractivity contribution in [2.24, 2.45) is 0 Å². The molecule has 4 heterocycles. The molecule has 0 aliphatic carbocycles. The summed E-state index contributed by atoms with van der Waals surface area (Å²) in [7, 11) is 0. The summed E-state index contributed by atoms with van der Waals surface area (Å²) in [5.74, 6) is 0.0635. The zero-order chi connectivity index (χ0) is 23.5. The Morgan fingerprint density at radius 2 is 1.85 bits per heavy atom. The number of benzene rings is 1. The number of aromatic amines is 1. The maximum atomic E-state index is 12.9. The van der Waals surface area contributed by atoms with Gasteiger partial charge in [-0.15, -0.1) is 0 Å². The van der Waals surface area contributed by atoms with Gasteiger partial charge in [0.15, 0.2) is 0 Å². The first-order valence-corrected chi connectivity index (χ1v) is 11.9. The monoisotopic (exact) mass is 458 g/mol. The van der Waals surface area contributed by atoms with Crippen LogP contribution in [0.2, 0.25) is 0 Å². The van der Waals surface area contributed by atoms with E-state index in [1.54, 1.807) is 30.6 Å². The summed E-state index contributed by atoms with van der Waals surface area (Å²) in [6, 6.07) is 13.4. The average Bonchev–Trinajstić information content (AvgIpc) is 3.53. The number of hydrogen-bond donors (Lipinski definition) is 3. The predicted octanol–water partition coefficient (Wildman–Crippen LogP) is 3.34. The number of nitrogens with zero attached hydrogens (tertiary/aromatic N) is 3. The van der Waals surface area contributed by atoms with Gasteiger partial charge in [-0.05, 0) is 86.8 Å². The highest BCUT2D eigenvalue weighted by Crippen LogP contribution is 2.27. The third-order valence-corrected chi connectivity index (χ3v) is 6.77. The Bertz CT molecular complexity index is 1220. The molecular formula is C26H30N6O2. The minimum atomic E-state index is -0.363. The lowest BCUT2D eigenvalue weighted by Gasteiger charge is -2.30. The second kappa shape index (κ2) is 9.69. The van der Waals surface area contributed by atoms with Gasteiger partial charge >= 0.3 is 0 Å². The zero-order valence-electron chi connectivity index (χ0n) is 19.2. The Morgan fingerprint density at radius 1 is 1.06 bits per heavy atom. The van der Waals surface area contributed by atoms with E-state index in [1.807, 2.05) is 24.3 Å². The smallest absolute Gasteiger partial charge is 0.271 e. The molecule has 8 nitrogen and oxygen atoms in total. The van der Waals surface area contributed by atoms with Crippen LogP contribution in [0.3, 0.4) is 0 Å². The van der Waals surface area contributed by atoms with Crippen LogP contribution in [0.1, 0.15) is 36.0 Å². The van der Waals surface area contributed by atoms with Crippen LogP contribution < -0.4 is 21.5 Å². The molecule has 2 aliphatic heterocycles. The lowest BCUT2D eigenvalue weighted by atomic mass is 10.1. The van der Waals surface area contributed by atoms with E-state index in [9.17, 15) is 9.59 Å². The number of nitrogen functional groups attached to an aromatic ring is 1. The van der Waals surface area contributed by atoms with Crippen molar-refractivity contribution in [3.05, 3.63) is 70.8 Å². The first kappa shape index (κ1) is 22.2. The van der Waals surface area contributed by atoms with Crippen molar-refractivity contribution < 1.29 is 4.79 Å². The normalized spacial score (nSPS) is 18.4. The van der Waals surface area contributed by atoms with Crippen molar-refractivity contribution in [3.8, 4) is 11.1 Å². The van der Waals surface area contributed by atoms with Crippen LogP contribution in [-0.2, 0) is 0 Å². The van der Waals surface area contributed by atoms with Gasteiger partial charge in [-0.2, -0.15) is 0 Å². The average molecular weight is 459 g/mol. The number of pyridine rings is 2. The molecule has 2 saturated heterocycles. The lowest BCUT2D eigenvalue weighted by Crippen LogP contribution is -2.39. The highest BCUT2D eigenvalue weighted by molar-refractivity contribution is 6.04. The maximum Gasteiger partial charge on any atom is 0.271 e. The topological polar surface area (TPSA) is 107 Å². The summed E-state index contributed by atoms with van der Waals surface area (Å²) in [4.78, 5) is 36.9. The van der Waals surface area contributed by atoms with Crippen molar-refractivity contribution in [1.82, 2.24) is 14.9 Å². The van der Waals surface area contributed by atoms with Crippen LogP contribution in [-0.4, -0.2) is 53.0 Å². The third-order valence-electron chi connectivity index (χ3n) is 6.77. The van der Waals surface area contributed by atoms with Gasteiger partial charge in [-0.1, -0.05) is 0 Å². The number of nitrogens with two attached hydrogens (primary N) is 1. The standard InChI is InChI=1S/C26H30N6O2/c27-24-15-19(9-10-28-24)20-14-23(26(34)29-16-20)30-25(33)18-5-7-21(8-6-18)32-13-3-4-22(32)17-31-11-1-2-12-31/h5-10,14-16,22H,1-4,11-13,17H2,(H2,27,28)(H,29,34)(H,30,33). The summed E-state index contributed by atoms with van der Waals surface area (Å²) in [5, 5.41) is 2.75. The van der Waals surface area contributed by atoms with Gasteiger partial charge in [0.05, 0.1) is 0 Å². The maximum absolute atomic E-state index is 12.9. The number of H-pyrrole nitrogens is 1. The van der Waals surface area contributed by atoms with E-state index >= 15 is 0 Å². The predicted molar refractivity (Wildman–Crippen MR) is 135 cm³/mol. The van der Waals surface area contributed by atoms with Gasteiger partial charge in [-0.3, -0.25) is 9.59 Å². The molecule has 1 amide bonds. The molecule has 3 aromatic rings.